The third kappa shape index (κ3) is 4.94. The molecule has 42 heavy (non-hydrogen) atoms. The Kier molecular flexibility index (Phi) is 6.96. The quantitative estimate of drug-likeness (QED) is 0.263. The summed E-state index contributed by atoms with van der Waals surface area (Å²) in [5.74, 6) is 0.984. The molecule has 6 nitrogen and oxygen atoms in total. The van der Waals surface area contributed by atoms with Crippen LogP contribution in [0.3, 0.4) is 0 Å². The van der Waals surface area contributed by atoms with Crippen molar-refractivity contribution in [3.63, 3.8) is 0 Å². The Labute approximate surface area is 244 Å². The molecule has 2 aromatic heterocycles. The van der Waals surface area contributed by atoms with E-state index in [1.54, 1.807) is 17.8 Å². The number of carbonyl (C=O) groups excluding carboxylic acids is 1. The number of aromatic nitrogens is 3. The van der Waals surface area contributed by atoms with Crippen molar-refractivity contribution in [3.8, 4) is 0 Å². The molecule has 0 spiro atoms. The Morgan fingerprint density at radius 3 is 2.67 bits per heavy atom. The number of H-pyrrole nitrogens is 1. The molecule has 0 unspecified atom stereocenters. The molecule has 1 amide bonds. The monoisotopic (exact) mass is 552 g/mol. The minimum Gasteiger partial charge on any atom is -0.297 e. The molecule has 3 heterocycles. The zero-order valence-electron chi connectivity index (χ0n) is 23.5. The van der Waals surface area contributed by atoms with Crippen LogP contribution in [-0.4, -0.2) is 27.6 Å². The SMILES string of the molecule is O=C1CCCN1c1cc(Cc2cccc3ccc4c(c23)CCC2=C4C=CCC2)ccn1.O=c1[nH]ncc2ccccc12. The van der Waals surface area contributed by atoms with Crippen molar-refractivity contribution in [1.29, 1.82) is 0 Å². The summed E-state index contributed by atoms with van der Waals surface area (Å²) in [5, 5.41) is 10.3. The highest BCUT2D eigenvalue weighted by atomic mass is 16.2. The molecule has 0 saturated carbocycles. The van der Waals surface area contributed by atoms with E-state index in [2.05, 4.69) is 69.8 Å². The van der Waals surface area contributed by atoms with E-state index < -0.39 is 0 Å². The highest BCUT2D eigenvalue weighted by Gasteiger charge is 2.24. The van der Waals surface area contributed by atoms with E-state index in [1.807, 2.05) is 29.3 Å². The number of pyridine rings is 1. The fraction of sp³-hybridized carbons (Fsp3) is 0.222. The smallest absolute Gasteiger partial charge is 0.272 e. The molecule has 0 bridgehead atoms. The maximum Gasteiger partial charge on any atom is 0.272 e. The first-order valence-electron chi connectivity index (χ1n) is 14.8. The summed E-state index contributed by atoms with van der Waals surface area (Å²) in [4.78, 5) is 29.5. The zero-order valence-corrected chi connectivity index (χ0v) is 23.5. The van der Waals surface area contributed by atoms with E-state index >= 15 is 0 Å². The van der Waals surface area contributed by atoms with Gasteiger partial charge in [0.2, 0.25) is 5.91 Å². The summed E-state index contributed by atoms with van der Waals surface area (Å²) in [5.41, 5.74) is 8.45. The average Bonchev–Trinajstić information content (AvgIpc) is 3.47. The molecule has 3 aliphatic rings. The van der Waals surface area contributed by atoms with Crippen molar-refractivity contribution in [3.05, 3.63) is 129 Å². The standard InChI is InChI=1S/C28H26N2O.C8H6N2O/c31-27-9-4-16-30(27)26-18-19(14-15-29-26)17-22-7-3-6-21-11-12-24-23-8-2-1-5-20(23)10-13-25(24)28(21)22;11-8-7-4-2-1-3-6(7)5-9-10-8/h2-3,6-8,11-12,14-15,18H,1,4-5,9-10,13,16-17H2;1-5H,(H,10,11). The van der Waals surface area contributed by atoms with Gasteiger partial charge in [0.25, 0.3) is 5.56 Å². The fourth-order valence-corrected chi connectivity index (χ4v) is 6.59. The molecule has 0 radical (unpaired) electrons. The molecule has 0 atom stereocenters. The summed E-state index contributed by atoms with van der Waals surface area (Å²) < 4.78 is 0. The van der Waals surface area contributed by atoms with Crippen LogP contribution in [0.5, 0.6) is 0 Å². The van der Waals surface area contributed by atoms with Gasteiger partial charge in [-0.25, -0.2) is 10.1 Å². The molecule has 2 aliphatic carbocycles. The number of fused-ring (bicyclic) bond motifs is 5. The van der Waals surface area contributed by atoms with Gasteiger partial charge in [-0.15, -0.1) is 0 Å². The fourth-order valence-electron chi connectivity index (χ4n) is 6.59. The summed E-state index contributed by atoms with van der Waals surface area (Å²) in [7, 11) is 0. The number of anilines is 1. The van der Waals surface area contributed by atoms with E-state index in [9.17, 15) is 9.59 Å². The Hall–Kier alpha value is -4.84. The van der Waals surface area contributed by atoms with Crippen LogP contribution in [0.1, 0.15) is 54.4 Å². The van der Waals surface area contributed by atoms with Crippen LogP contribution in [0, 0.1) is 0 Å². The Morgan fingerprint density at radius 1 is 0.881 bits per heavy atom. The van der Waals surface area contributed by atoms with E-state index in [1.165, 1.54) is 57.9 Å². The first-order valence-corrected chi connectivity index (χ1v) is 14.8. The molecular weight excluding hydrogens is 520 g/mol. The molecule has 1 fully saturated rings. The number of nitrogens with one attached hydrogen (secondary N) is 1. The number of hydrogen-bond donors (Lipinski definition) is 1. The van der Waals surface area contributed by atoms with Crippen LogP contribution < -0.4 is 10.5 Å². The lowest BCUT2D eigenvalue weighted by molar-refractivity contribution is -0.117. The second-order valence-corrected chi connectivity index (χ2v) is 11.2. The molecule has 3 aromatic carbocycles. The number of hydrogen-bond acceptors (Lipinski definition) is 4. The number of amides is 1. The summed E-state index contributed by atoms with van der Waals surface area (Å²) in [6, 6.07) is 22.8. The third-order valence-electron chi connectivity index (χ3n) is 8.61. The number of aryl methyl sites for hydroxylation is 1. The molecule has 1 N–H and O–H groups in total. The van der Waals surface area contributed by atoms with Gasteiger partial charge in [0, 0.05) is 29.9 Å². The molecule has 6 heteroatoms. The summed E-state index contributed by atoms with van der Waals surface area (Å²) in [6.45, 7) is 0.780. The van der Waals surface area contributed by atoms with Gasteiger partial charge in [-0.1, -0.05) is 66.3 Å². The lowest BCUT2D eigenvalue weighted by Gasteiger charge is -2.26. The number of rotatable bonds is 3. The van der Waals surface area contributed by atoms with Crippen molar-refractivity contribution < 1.29 is 4.79 Å². The van der Waals surface area contributed by atoms with Gasteiger partial charge >= 0.3 is 0 Å². The second kappa shape index (κ2) is 11.2. The molecule has 1 saturated heterocycles. The Bertz CT molecular complexity index is 1950. The predicted molar refractivity (Wildman–Crippen MR) is 169 cm³/mol. The van der Waals surface area contributed by atoms with E-state index in [0.717, 1.165) is 37.0 Å². The van der Waals surface area contributed by atoms with Gasteiger partial charge in [0.1, 0.15) is 5.82 Å². The van der Waals surface area contributed by atoms with Gasteiger partial charge < -0.3 is 0 Å². The maximum absolute atomic E-state index is 12.2. The number of aromatic amines is 1. The second-order valence-electron chi connectivity index (χ2n) is 11.2. The van der Waals surface area contributed by atoms with Crippen molar-refractivity contribution in [2.24, 2.45) is 0 Å². The maximum atomic E-state index is 12.2. The predicted octanol–water partition coefficient (Wildman–Crippen LogP) is 6.93. The topological polar surface area (TPSA) is 79.0 Å². The van der Waals surface area contributed by atoms with Gasteiger partial charge in [-0.05, 0) is 95.3 Å². The van der Waals surface area contributed by atoms with Gasteiger partial charge in [-0.2, -0.15) is 5.10 Å². The zero-order chi connectivity index (χ0) is 28.5. The third-order valence-corrected chi connectivity index (χ3v) is 8.61. The molecule has 5 aromatic rings. The lowest BCUT2D eigenvalue weighted by atomic mass is 9.78. The summed E-state index contributed by atoms with van der Waals surface area (Å²) in [6.07, 6.45) is 15.2. The van der Waals surface area contributed by atoms with Crippen LogP contribution in [0.2, 0.25) is 0 Å². The summed E-state index contributed by atoms with van der Waals surface area (Å²) >= 11 is 0. The lowest BCUT2D eigenvalue weighted by Crippen LogP contribution is -2.24. The normalized spacial score (nSPS) is 15.9. The minimum absolute atomic E-state index is 0.136. The van der Waals surface area contributed by atoms with Gasteiger partial charge in [0.05, 0.1) is 6.20 Å². The first-order chi connectivity index (χ1) is 20.7. The number of benzene rings is 3. The Morgan fingerprint density at radius 2 is 1.79 bits per heavy atom. The van der Waals surface area contributed by atoms with Crippen molar-refractivity contribution >= 4 is 38.8 Å². The Balaban J connectivity index is 0.000000220. The largest absolute Gasteiger partial charge is 0.297 e. The minimum atomic E-state index is -0.136. The van der Waals surface area contributed by atoms with Gasteiger partial charge in [-0.3, -0.25) is 14.5 Å². The molecule has 8 rings (SSSR count). The van der Waals surface area contributed by atoms with Crippen LogP contribution in [0.15, 0.2) is 102 Å². The number of nitrogens with zero attached hydrogens (tertiary/aromatic N) is 3. The van der Waals surface area contributed by atoms with E-state index in [4.69, 9.17) is 0 Å². The average molecular weight is 553 g/mol. The van der Waals surface area contributed by atoms with Crippen molar-refractivity contribution in [1.82, 2.24) is 15.2 Å². The number of carbonyl (C=O) groups is 1. The van der Waals surface area contributed by atoms with Crippen molar-refractivity contribution in [2.45, 2.75) is 44.9 Å². The van der Waals surface area contributed by atoms with E-state index in [-0.39, 0.29) is 11.5 Å². The first kappa shape index (κ1) is 26.1. The molecule has 208 valence electrons. The van der Waals surface area contributed by atoms with Gasteiger partial charge in [0.15, 0.2) is 0 Å². The van der Waals surface area contributed by atoms with Crippen molar-refractivity contribution in [2.75, 3.05) is 11.4 Å². The van der Waals surface area contributed by atoms with Crippen LogP contribution in [-0.2, 0) is 17.6 Å². The highest BCUT2D eigenvalue weighted by Crippen LogP contribution is 2.41. The van der Waals surface area contributed by atoms with Crippen LogP contribution >= 0.6 is 0 Å². The van der Waals surface area contributed by atoms with Crippen LogP contribution in [0.4, 0.5) is 5.82 Å². The van der Waals surface area contributed by atoms with Crippen LogP contribution in [0.25, 0.3) is 27.1 Å². The number of allylic oxidation sites excluding steroid dienone is 4. The molecular formula is C36H32N4O2. The highest BCUT2D eigenvalue weighted by molar-refractivity contribution is 5.96. The molecule has 1 aliphatic heterocycles. The van der Waals surface area contributed by atoms with E-state index in [0.29, 0.717) is 11.8 Å².